The molecule has 5 nitrogen and oxygen atoms in total. The second-order valence-corrected chi connectivity index (χ2v) is 4.54. The highest BCUT2D eigenvalue weighted by atomic mass is 15.4. The lowest BCUT2D eigenvalue weighted by Crippen LogP contribution is -2.04. The number of aryl methyl sites for hydroxylation is 1. The van der Waals surface area contributed by atoms with E-state index in [1.807, 2.05) is 12.1 Å². The van der Waals surface area contributed by atoms with E-state index in [0.29, 0.717) is 11.6 Å². The van der Waals surface area contributed by atoms with Crippen molar-refractivity contribution < 1.29 is 0 Å². The smallest absolute Gasteiger partial charge is 0.220 e. The van der Waals surface area contributed by atoms with Crippen LogP contribution >= 0.6 is 0 Å². The van der Waals surface area contributed by atoms with Crippen LogP contribution in [0.25, 0.3) is 17.2 Å². The molecule has 5 heteroatoms. The average Bonchev–Trinajstić information content (AvgIpc) is 3.00. The zero-order chi connectivity index (χ0) is 14.7. The minimum Gasteiger partial charge on any atom is -0.220 e. The van der Waals surface area contributed by atoms with Crippen LogP contribution in [0.5, 0.6) is 0 Å². The summed E-state index contributed by atoms with van der Waals surface area (Å²) in [6.45, 7) is 2.12. The van der Waals surface area contributed by atoms with Crippen molar-refractivity contribution >= 4 is 0 Å². The van der Waals surface area contributed by atoms with E-state index >= 15 is 0 Å². The maximum Gasteiger partial charge on any atom is 0.251 e. The topological polar surface area (TPSA) is 67.4 Å². The first-order valence-corrected chi connectivity index (χ1v) is 6.68. The van der Waals surface area contributed by atoms with Crippen molar-refractivity contribution in [2.24, 2.45) is 0 Å². The molecule has 0 aliphatic heterocycles. The minimum absolute atomic E-state index is 0.344. The molecule has 0 radical (unpaired) electrons. The highest BCUT2D eigenvalue weighted by molar-refractivity contribution is 5.63. The van der Waals surface area contributed by atoms with Crippen molar-refractivity contribution in [2.75, 3.05) is 0 Å². The number of aromatic nitrogens is 4. The third-order valence-corrected chi connectivity index (χ3v) is 3.22. The van der Waals surface area contributed by atoms with Crippen LogP contribution in [0.2, 0.25) is 0 Å². The van der Waals surface area contributed by atoms with Crippen LogP contribution in [0.3, 0.4) is 0 Å². The quantitative estimate of drug-likeness (QED) is 0.737. The monoisotopic (exact) mass is 275 g/mol. The largest absolute Gasteiger partial charge is 0.251 e. The zero-order valence-electron chi connectivity index (χ0n) is 11.6. The molecule has 0 aliphatic carbocycles. The Labute approximate surface area is 122 Å². The van der Waals surface area contributed by atoms with Crippen molar-refractivity contribution in [3.05, 3.63) is 60.0 Å². The van der Waals surface area contributed by atoms with Gasteiger partial charge in [0.1, 0.15) is 6.07 Å². The Morgan fingerprint density at radius 1 is 1.14 bits per heavy atom. The summed E-state index contributed by atoms with van der Waals surface area (Å²) >= 11 is 0. The van der Waals surface area contributed by atoms with E-state index in [0.717, 1.165) is 17.7 Å². The molecule has 2 heterocycles. The molecule has 0 N–H and O–H groups in total. The van der Waals surface area contributed by atoms with Crippen molar-refractivity contribution in [1.82, 2.24) is 19.7 Å². The molecule has 0 fully saturated rings. The molecule has 1 aromatic carbocycles. The first kappa shape index (κ1) is 13.0. The summed E-state index contributed by atoms with van der Waals surface area (Å²) in [5.74, 6) is 0.452. The molecule has 0 aliphatic rings. The van der Waals surface area contributed by atoms with E-state index in [2.05, 4.69) is 40.2 Å². The summed E-state index contributed by atoms with van der Waals surface area (Å²) in [4.78, 5) is 8.39. The van der Waals surface area contributed by atoms with Gasteiger partial charge in [-0.05, 0) is 18.1 Å². The van der Waals surface area contributed by atoms with Crippen molar-refractivity contribution in [2.45, 2.75) is 13.3 Å². The van der Waals surface area contributed by atoms with Gasteiger partial charge in [-0.25, -0.2) is 9.97 Å². The lowest BCUT2D eigenvalue weighted by molar-refractivity contribution is 0.810. The van der Waals surface area contributed by atoms with Crippen LogP contribution in [-0.2, 0) is 6.42 Å². The van der Waals surface area contributed by atoms with Crippen LogP contribution in [0.1, 0.15) is 18.2 Å². The summed E-state index contributed by atoms with van der Waals surface area (Å²) in [6.07, 6.45) is 4.30. The molecule has 102 valence electrons. The Kier molecular flexibility index (Phi) is 3.44. The lowest BCUT2D eigenvalue weighted by Gasteiger charge is -2.06. The van der Waals surface area contributed by atoms with Gasteiger partial charge in [-0.2, -0.15) is 15.0 Å². The van der Waals surface area contributed by atoms with Crippen LogP contribution < -0.4 is 0 Å². The zero-order valence-corrected chi connectivity index (χ0v) is 11.6. The van der Waals surface area contributed by atoms with Crippen molar-refractivity contribution in [3.8, 4) is 23.3 Å². The second kappa shape index (κ2) is 5.55. The molecule has 0 atom stereocenters. The van der Waals surface area contributed by atoms with Gasteiger partial charge in [0.15, 0.2) is 5.69 Å². The van der Waals surface area contributed by atoms with E-state index in [1.54, 1.807) is 29.2 Å². The SMILES string of the molecule is CCc1ccc(-c2cc(C#N)nn2-c2ncccn2)cc1. The van der Waals surface area contributed by atoms with Gasteiger partial charge in [-0.15, -0.1) is 0 Å². The third-order valence-electron chi connectivity index (χ3n) is 3.22. The van der Waals surface area contributed by atoms with E-state index in [-0.39, 0.29) is 0 Å². The number of hydrogen-bond donors (Lipinski definition) is 0. The van der Waals surface area contributed by atoms with Gasteiger partial charge >= 0.3 is 0 Å². The van der Waals surface area contributed by atoms with E-state index < -0.39 is 0 Å². The maximum atomic E-state index is 9.08. The van der Waals surface area contributed by atoms with Gasteiger partial charge in [0.2, 0.25) is 0 Å². The van der Waals surface area contributed by atoms with Gasteiger partial charge in [0.05, 0.1) is 5.69 Å². The second-order valence-electron chi connectivity index (χ2n) is 4.54. The Hall–Kier alpha value is -3.00. The lowest BCUT2D eigenvalue weighted by atomic mass is 10.1. The fraction of sp³-hybridized carbons (Fsp3) is 0.125. The number of nitrogens with zero attached hydrogens (tertiary/aromatic N) is 5. The minimum atomic E-state index is 0.344. The van der Waals surface area contributed by atoms with E-state index in [1.165, 1.54) is 5.56 Å². The molecule has 2 aromatic heterocycles. The summed E-state index contributed by atoms with van der Waals surface area (Å²) in [7, 11) is 0. The Morgan fingerprint density at radius 3 is 2.48 bits per heavy atom. The molecule has 3 rings (SSSR count). The Balaban J connectivity index is 2.13. The van der Waals surface area contributed by atoms with Gasteiger partial charge in [0.25, 0.3) is 5.95 Å². The number of nitriles is 1. The van der Waals surface area contributed by atoms with Crippen LogP contribution in [0, 0.1) is 11.3 Å². The Morgan fingerprint density at radius 2 is 1.86 bits per heavy atom. The molecule has 0 bridgehead atoms. The molecule has 21 heavy (non-hydrogen) atoms. The molecule has 0 saturated heterocycles. The highest BCUT2D eigenvalue weighted by Gasteiger charge is 2.13. The number of benzene rings is 1. The first-order chi connectivity index (χ1) is 10.3. The van der Waals surface area contributed by atoms with E-state index in [4.69, 9.17) is 5.26 Å². The van der Waals surface area contributed by atoms with Gasteiger partial charge in [-0.1, -0.05) is 31.2 Å². The third kappa shape index (κ3) is 2.51. The van der Waals surface area contributed by atoms with E-state index in [9.17, 15) is 0 Å². The van der Waals surface area contributed by atoms with Crippen molar-refractivity contribution in [1.29, 1.82) is 5.26 Å². The molecule has 3 aromatic rings. The summed E-state index contributed by atoms with van der Waals surface area (Å²) < 4.78 is 1.60. The summed E-state index contributed by atoms with van der Waals surface area (Å²) in [6, 6.07) is 13.8. The van der Waals surface area contributed by atoms with Crippen LogP contribution in [0.15, 0.2) is 48.8 Å². The van der Waals surface area contributed by atoms with Gasteiger partial charge in [-0.3, -0.25) is 0 Å². The normalized spacial score (nSPS) is 10.3. The fourth-order valence-corrected chi connectivity index (χ4v) is 2.11. The molecular weight excluding hydrogens is 262 g/mol. The molecule has 0 amide bonds. The van der Waals surface area contributed by atoms with Crippen molar-refractivity contribution in [3.63, 3.8) is 0 Å². The highest BCUT2D eigenvalue weighted by Crippen LogP contribution is 2.23. The van der Waals surface area contributed by atoms with Crippen LogP contribution in [0.4, 0.5) is 0 Å². The summed E-state index contributed by atoms with van der Waals surface area (Å²) in [5.41, 5.74) is 3.40. The summed E-state index contributed by atoms with van der Waals surface area (Å²) in [5, 5.41) is 13.3. The van der Waals surface area contributed by atoms with Gasteiger partial charge < -0.3 is 0 Å². The first-order valence-electron chi connectivity index (χ1n) is 6.68. The molecular formula is C16H13N5. The van der Waals surface area contributed by atoms with Gasteiger partial charge in [0, 0.05) is 24.0 Å². The number of rotatable bonds is 3. The molecule has 0 spiro atoms. The molecule has 0 unspecified atom stereocenters. The van der Waals surface area contributed by atoms with Crippen LogP contribution in [-0.4, -0.2) is 19.7 Å². The predicted octanol–water partition coefficient (Wildman–Crippen LogP) is 2.76. The average molecular weight is 275 g/mol. The Bertz CT molecular complexity index is 782. The fourth-order valence-electron chi connectivity index (χ4n) is 2.11. The number of hydrogen-bond acceptors (Lipinski definition) is 4. The maximum absolute atomic E-state index is 9.08. The molecule has 0 saturated carbocycles. The predicted molar refractivity (Wildman–Crippen MR) is 78.7 cm³/mol. The standard InChI is InChI=1S/C16H13N5/c1-2-12-4-6-13(7-5-12)15-10-14(11-17)20-21(15)16-18-8-3-9-19-16/h3-10H,2H2,1H3.